The molecule has 0 amide bonds. The van der Waals surface area contributed by atoms with Gasteiger partial charge in [0.15, 0.2) is 0 Å². The minimum atomic E-state index is -4.24. The minimum Gasteiger partial charge on any atom is -0.379 e. The number of hydrogen-bond acceptors (Lipinski definition) is 4. The maximum atomic E-state index is 12.3. The average Bonchev–Trinajstić information content (AvgIpc) is 2.64. The first-order valence-corrected chi connectivity index (χ1v) is 9.73. The Morgan fingerprint density at radius 2 is 1.37 bits per heavy atom. The van der Waals surface area contributed by atoms with Crippen LogP contribution in [-0.4, -0.2) is 36.7 Å². The zero-order valence-electron chi connectivity index (χ0n) is 15.0. The molecule has 1 aliphatic rings. The number of morpholine rings is 1. The van der Waals surface area contributed by atoms with Crippen molar-refractivity contribution < 1.29 is 17.9 Å². The molecule has 7 heteroatoms. The average molecular weight is 396 g/mol. The summed E-state index contributed by atoms with van der Waals surface area (Å²) < 4.78 is 42.4. The van der Waals surface area contributed by atoms with Crippen molar-refractivity contribution in [2.75, 3.05) is 26.3 Å². The molecule has 0 saturated carbocycles. The predicted octanol–water partition coefficient (Wildman–Crippen LogP) is 4.42. The van der Waals surface area contributed by atoms with Crippen molar-refractivity contribution in [3.05, 3.63) is 65.2 Å². The first-order chi connectivity index (χ1) is 13.0. The van der Waals surface area contributed by atoms with E-state index in [4.69, 9.17) is 4.74 Å². The molecule has 3 rings (SSSR count). The molecule has 1 heterocycles. The number of ether oxygens (including phenoxy) is 1. The van der Waals surface area contributed by atoms with Crippen LogP contribution in [0.1, 0.15) is 16.7 Å². The van der Waals surface area contributed by atoms with E-state index in [1.54, 1.807) is 12.1 Å². The van der Waals surface area contributed by atoms with Gasteiger partial charge in [-0.25, -0.2) is 0 Å². The van der Waals surface area contributed by atoms with Crippen molar-refractivity contribution in [2.45, 2.75) is 30.0 Å². The summed E-state index contributed by atoms with van der Waals surface area (Å²) >= 11 is -0.0870. The van der Waals surface area contributed by atoms with Crippen LogP contribution in [0.15, 0.2) is 53.4 Å². The van der Waals surface area contributed by atoms with Gasteiger partial charge in [0, 0.05) is 37.6 Å². The zero-order chi connectivity index (χ0) is 19.1. The van der Waals surface area contributed by atoms with Crippen LogP contribution in [0, 0.1) is 0 Å². The molecule has 0 radical (unpaired) electrons. The van der Waals surface area contributed by atoms with E-state index >= 15 is 0 Å². The molecule has 0 atom stereocenters. The lowest BCUT2D eigenvalue weighted by molar-refractivity contribution is -0.0328. The summed E-state index contributed by atoms with van der Waals surface area (Å²) in [4.78, 5) is 2.60. The standard InChI is InChI=1S/C20H23F3N2OS/c21-20(22,23)27-19-7-5-17(6-8-19)14-24-13-16-1-3-18(4-2-16)15-25-9-11-26-12-10-25/h1-8,24H,9-15H2. The molecular weight excluding hydrogens is 373 g/mol. The molecule has 27 heavy (non-hydrogen) atoms. The molecule has 0 unspecified atom stereocenters. The summed E-state index contributed by atoms with van der Waals surface area (Å²) in [6, 6.07) is 15.0. The van der Waals surface area contributed by atoms with Crippen LogP contribution in [-0.2, 0) is 24.4 Å². The normalized spacial score (nSPS) is 15.8. The van der Waals surface area contributed by atoms with E-state index in [1.165, 1.54) is 23.3 Å². The number of nitrogens with one attached hydrogen (secondary N) is 1. The van der Waals surface area contributed by atoms with Crippen molar-refractivity contribution >= 4 is 11.8 Å². The Balaban J connectivity index is 1.42. The Labute approximate surface area is 161 Å². The van der Waals surface area contributed by atoms with Crippen LogP contribution < -0.4 is 5.32 Å². The van der Waals surface area contributed by atoms with Gasteiger partial charge in [-0.15, -0.1) is 0 Å². The highest BCUT2D eigenvalue weighted by molar-refractivity contribution is 8.00. The third kappa shape index (κ3) is 7.18. The molecular formula is C20H23F3N2OS. The van der Waals surface area contributed by atoms with E-state index in [0.717, 1.165) is 45.0 Å². The predicted molar refractivity (Wildman–Crippen MR) is 101 cm³/mol. The smallest absolute Gasteiger partial charge is 0.379 e. The molecule has 0 bridgehead atoms. The van der Waals surface area contributed by atoms with Crippen molar-refractivity contribution in [3.8, 4) is 0 Å². The highest BCUT2D eigenvalue weighted by atomic mass is 32.2. The van der Waals surface area contributed by atoms with Gasteiger partial charge in [-0.05, 0) is 40.6 Å². The maximum Gasteiger partial charge on any atom is 0.446 e. The Hall–Kier alpha value is -1.54. The molecule has 2 aromatic carbocycles. The molecule has 1 aliphatic heterocycles. The van der Waals surface area contributed by atoms with Gasteiger partial charge in [0.25, 0.3) is 0 Å². The minimum absolute atomic E-state index is 0.0870. The van der Waals surface area contributed by atoms with E-state index in [2.05, 4.69) is 34.5 Å². The monoisotopic (exact) mass is 396 g/mol. The quantitative estimate of drug-likeness (QED) is 0.701. The number of alkyl halides is 3. The van der Waals surface area contributed by atoms with Gasteiger partial charge in [0.1, 0.15) is 0 Å². The Kier molecular flexibility index (Phi) is 7.18. The second kappa shape index (κ2) is 9.59. The topological polar surface area (TPSA) is 24.5 Å². The van der Waals surface area contributed by atoms with Crippen LogP contribution in [0.4, 0.5) is 13.2 Å². The number of nitrogens with zero attached hydrogens (tertiary/aromatic N) is 1. The Morgan fingerprint density at radius 3 is 1.93 bits per heavy atom. The molecule has 2 aromatic rings. The fraction of sp³-hybridized carbons (Fsp3) is 0.400. The van der Waals surface area contributed by atoms with Gasteiger partial charge in [-0.1, -0.05) is 36.4 Å². The molecule has 3 nitrogen and oxygen atoms in total. The third-order valence-electron chi connectivity index (χ3n) is 4.35. The van der Waals surface area contributed by atoms with Gasteiger partial charge >= 0.3 is 5.51 Å². The Morgan fingerprint density at radius 1 is 0.852 bits per heavy atom. The largest absolute Gasteiger partial charge is 0.446 e. The number of benzene rings is 2. The van der Waals surface area contributed by atoms with Gasteiger partial charge in [-0.2, -0.15) is 13.2 Å². The van der Waals surface area contributed by atoms with Crippen molar-refractivity contribution in [2.24, 2.45) is 0 Å². The Bertz CT molecular complexity index is 699. The van der Waals surface area contributed by atoms with Crippen molar-refractivity contribution in [1.29, 1.82) is 0 Å². The first kappa shape index (κ1) is 20.2. The molecule has 1 N–H and O–H groups in total. The van der Waals surface area contributed by atoms with Crippen molar-refractivity contribution in [3.63, 3.8) is 0 Å². The molecule has 1 saturated heterocycles. The number of hydrogen-bond donors (Lipinski definition) is 1. The van der Waals surface area contributed by atoms with Crippen LogP contribution in [0.25, 0.3) is 0 Å². The van der Waals surface area contributed by atoms with Crippen molar-refractivity contribution in [1.82, 2.24) is 10.2 Å². The fourth-order valence-electron chi connectivity index (χ4n) is 2.94. The molecule has 0 aliphatic carbocycles. The number of thioether (sulfide) groups is 1. The van der Waals surface area contributed by atoms with E-state index < -0.39 is 5.51 Å². The molecule has 146 valence electrons. The summed E-state index contributed by atoms with van der Waals surface area (Å²) in [6.45, 7) is 5.84. The van der Waals surface area contributed by atoms with E-state index in [0.29, 0.717) is 6.54 Å². The highest BCUT2D eigenvalue weighted by Crippen LogP contribution is 2.36. The summed E-state index contributed by atoms with van der Waals surface area (Å²) in [7, 11) is 0. The zero-order valence-corrected chi connectivity index (χ0v) is 15.8. The molecule has 0 aromatic heterocycles. The lowest BCUT2D eigenvalue weighted by Gasteiger charge is -2.26. The number of halogens is 3. The second-order valence-corrected chi connectivity index (χ2v) is 7.64. The van der Waals surface area contributed by atoms with Gasteiger partial charge < -0.3 is 10.1 Å². The third-order valence-corrected chi connectivity index (χ3v) is 5.09. The summed E-state index contributed by atoms with van der Waals surface area (Å²) in [5.41, 5.74) is -0.804. The molecule has 1 fully saturated rings. The van der Waals surface area contributed by atoms with Crippen LogP contribution >= 0.6 is 11.8 Å². The van der Waals surface area contributed by atoms with Crippen LogP contribution in [0.3, 0.4) is 0 Å². The van der Waals surface area contributed by atoms with E-state index in [-0.39, 0.29) is 16.7 Å². The lowest BCUT2D eigenvalue weighted by atomic mass is 10.1. The second-order valence-electron chi connectivity index (χ2n) is 6.50. The van der Waals surface area contributed by atoms with E-state index in [1.807, 2.05) is 0 Å². The maximum absolute atomic E-state index is 12.3. The lowest BCUT2D eigenvalue weighted by Crippen LogP contribution is -2.35. The summed E-state index contributed by atoms with van der Waals surface area (Å²) in [5, 5.41) is 3.33. The summed E-state index contributed by atoms with van der Waals surface area (Å²) in [5.74, 6) is 0. The van der Waals surface area contributed by atoms with Gasteiger partial charge in [0.05, 0.1) is 13.2 Å². The summed E-state index contributed by atoms with van der Waals surface area (Å²) in [6.07, 6.45) is 0. The van der Waals surface area contributed by atoms with E-state index in [9.17, 15) is 13.2 Å². The SMILES string of the molecule is FC(F)(F)Sc1ccc(CNCc2ccc(CN3CCOCC3)cc2)cc1. The molecule has 0 spiro atoms. The first-order valence-electron chi connectivity index (χ1n) is 8.91. The van der Waals surface area contributed by atoms with Crippen LogP contribution in [0.5, 0.6) is 0 Å². The fourth-order valence-corrected chi connectivity index (χ4v) is 3.48. The van der Waals surface area contributed by atoms with Gasteiger partial charge in [0.2, 0.25) is 0 Å². The van der Waals surface area contributed by atoms with Crippen LogP contribution in [0.2, 0.25) is 0 Å². The number of rotatable bonds is 7. The van der Waals surface area contributed by atoms with Gasteiger partial charge in [-0.3, -0.25) is 4.90 Å². The highest BCUT2D eigenvalue weighted by Gasteiger charge is 2.28.